The van der Waals surface area contributed by atoms with E-state index in [0.717, 1.165) is 55.0 Å². The van der Waals surface area contributed by atoms with Crippen LogP contribution in [0.25, 0.3) is 0 Å². The largest absolute Gasteiger partial charge is 0.497 e. The topological polar surface area (TPSA) is 57.2 Å². The first-order valence-corrected chi connectivity index (χ1v) is 12.1. The van der Waals surface area contributed by atoms with Gasteiger partial charge in [-0.05, 0) is 66.8 Å². The highest BCUT2D eigenvalue weighted by Crippen LogP contribution is 2.39. The van der Waals surface area contributed by atoms with Crippen LogP contribution in [-0.4, -0.2) is 38.1 Å². The molecule has 1 saturated heterocycles. The molecule has 0 aliphatic carbocycles. The average molecular weight is 496 g/mol. The van der Waals surface area contributed by atoms with Gasteiger partial charge >= 0.3 is 0 Å². The molecule has 7 heteroatoms. The smallest absolute Gasteiger partial charge is 0.255 e. The van der Waals surface area contributed by atoms with Crippen molar-refractivity contribution in [2.24, 2.45) is 0 Å². The van der Waals surface area contributed by atoms with E-state index < -0.39 is 0 Å². The fraction of sp³-hybridized carbons (Fsp3) is 0.321. The fourth-order valence-electron chi connectivity index (χ4n) is 3.98. The summed E-state index contributed by atoms with van der Waals surface area (Å²) in [5, 5.41) is 0.265. The predicted octanol–water partition coefficient (Wildman–Crippen LogP) is 6.14. The minimum absolute atomic E-state index is 0.0781. The van der Waals surface area contributed by atoms with Crippen molar-refractivity contribution >= 4 is 17.5 Å². The van der Waals surface area contributed by atoms with E-state index in [1.165, 1.54) is 0 Å². The van der Waals surface area contributed by atoms with Gasteiger partial charge in [0, 0.05) is 13.1 Å². The van der Waals surface area contributed by atoms with Gasteiger partial charge in [-0.1, -0.05) is 35.9 Å². The molecule has 0 aromatic heterocycles. The van der Waals surface area contributed by atoms with Crippen LogP contribution in [0.3, 0.4) is 0 Å². The lowest BCUT2D eigenvalue weighted by Gasteiger charge is -2.27. The monoisotopic (exact) mass is 495 g/mol. The molecule has 4 rings (SSSR count). The number of nitrogens with zero attached hydrogens (tertiary/aromatic N) is 1. The number of halogens is 1. The fourth-order valence-corrected chi connectivity index (χ4v) is 4.27. The summed E-state index contributed by atoms with van der Waals surface area (Å²) < 4.78 is 22.7. The van der Waals surface area contributed by atoms with Crippen LogP contribution in [0.1, 0.15) is 40.7 Å². The quantitative estimate of drug-likeness (QED) is 0.357. The van der Waals surface area contributed by atoms with Gasteiger partial charge < -0.3 is 23.8 Å². The van der Waals surface area contributed by atoms with Gasteiger partial charge in [-0.25, -0.2) is 0 Å². The van der Waals surface area contributed by atoms with Crippen LogP contribution < -0.4 is 18.9 Å². The number of piperidine rings is 1. The Kier molecular flexibility index (Phi) is 8.37. The highest BCUT2D eigenvalue weighted by atomic mass is 35.5. The van der Waals surface area contributed by atoms with Crippen LogP contribution in [0.5, 0.6) is 23.0 Å². The van der Waals surface area contributed by atoms with Crippen molar-refractivity contribution in [2.45, 2.75) is 32.5 Å². The van der Waals surface area contributed by atoms with Crippen molar-refractivity contribution in [1.29, 1.82) is 0 Å². The molecule has 0 radical (unpaired) electrons. The Morgan fingerprint density at radius 3 is 1.86 bits per heavy atom. The Morgan fingerprint density at radius 1 is 0.771 bits per heavy atom. The molecule has 0 N–H and O–H groups in total. The van der Waals surface area contributed by atoms with Crippen molar-refractivity contribution in [1.82, 2.24) is 4.90 Å². The van der Waals surface area contributed by atoms with Gasteiger partial charge in [0.15, 0.2) is 11.5 Å². The molecule has 6 nitrogen and oxygen atoms in total. The first-order chi connectivity index (χ1) is 17.1. The maximum absolute atomic E-state index is 13.2. The number of ether oxygens (including phenoxy) is 4. The number of rotatable bonds is 9. The lowest BCUT2D eigenvalue weighted by molar-refractivity contribution is 0.0724. The van der Waals surface area contributed by atoms with Gasteiger partial charge in [0.05, 0.1) is 24.8 Å². The van der Waals surface area contributed by atoms with Gasteiger partial charge in [-0.15, -0.1) is 0 Å². The van der Waals surface area contributed by atoms with Crippen LogP contribution in [-0.2, 0) is 13.2 Å². The van der Waals surface area contributed by atoms with E-state index in [1.807, 2.05) is 53.4 Å². The number of hydrogen-bond acceptors (Lipinski definition) is 5. The normalized spacial score (nSPS) is 13.3. The van der Waals surface area contributed by atoms with Crippen molar-refractivity contribution in [3.8, 4) is 23.0 Å². The maximum Gasteiger partial charge on any atom is 0.255 e. The average Bonchev–Trinajstić information content (AvgIpc) is 2.92. The molecule has 1 heterocycles. The first-order valence-electron chi connectivity index (χ1n) is 11.7. The van der Waals surface area contributed by atoms with Crippen molar-refractivity contribution in [3.63, 3.8) is 0 Å². The van der Waals surface area contributed by atoms with Crippen molar-refractivity contribution in [3.05, 3.63) is 82.4 Å². The van der Waals surface area contributed by atoms with Gasteiger partial charge in [0.2, 0.25) is 0 Å². The standard InChI is InChI=1S/C28H30ClNO5/c1-32-22-10-6-20(7-11-22)18-34-25-15-14-24(28(31)30-16-4-3-5-17-30)26(29)27(25)35-19-21-8-12-23(33-2)13-9-21/h6-15H,3-5,16-19H2,1-2H3. The summed E-state index contributed by atoms with van der Waals surface area (Å²) in [6.45, 7) is 2.07. The summed E-state index contributed by atoms with van der Waals surface area (Å²) in [7, 11) is 3.26. The molecule has 1 amide bonds. The number of amides is 1. The molecule has 3 aromatic rings. The molecule has 3 aromatic carbocycles. The molecule has 0 spiro atoms. The molecule has 0 bridgehead atoms. The minimum Gasteiger partial charge on any atom is -0.497 e. The zero-order valence-corrected chi connectivity index (χ0v) is 20.8. The lowest BCUT2D eigenvalue weighted by atomic mass is 10.1. The Morgan fingerprint density at radius 2 is 1.31 bits per heavy atom. The number of methoxy groups -OCH3 is 2. The van der Waals surface area contributed by atoms with Gasteiger partial charge in [-0.3, -0.25) is 4.79 Å². The minimum atomic E-state index is -0.0781. The summed E-state index contributed by atoms with van der Waals surface area (Å²) in [6.07, 6.45) is 3.16. The molecule has 0 unspecified atom stereocenters. The van der Waals surface area contributed by atoms with Crippen LogP contribution >= 0.6 is 11.6 Å². The number of carbonyl (C=O) groups excluding carboxylic acids is 1. The Hall–Kier alpha value is -3.38. The molecule has 0 atom stereocenters. The van der Waals surface area contributed by atoms with E-state index in [0.29, 0.717) is 23.7 Å². The third-order valence-electron chi connectivity index (χ3n) is 6.03. The third kappa shape index (κ3) is 6.20. The molecule has 1 aliphatic heterocycles. The Labute approximate surface area is 211 Å². The zero-order chi connectivity index (χ0) is 24.6. The highest BCUT2D eigenvalue weighted by molar-refractivity contribution is 6.35. The Bertz CT molecular complexity index is 1130. The summed E-state index contributed by atoms with van der Waals surface area (Å²) in [6, 6.07) is 18.7. The van der Waals surface area contributed by atoms with Gasteiger partial charge in [0.25, 0.3) is 5.91 Å². The van der Waals surface area contributed by atoms with E-state index in [2.05, 4.69) is 0 Å². The van der Waals surface area contributed by atoms with E-state index in [4.69, 9.17) is 30.5 Å². The summed E-state index contributed by atoms with van der Waals surface area (Å²) in [4.78, 5) is 15.0. The second-order valence-corrected chi connectivity index (χ2v) is 8.76. The van der Waals surface area contributed by atoms with Gasteiger partial charge in [-0.2, -0.15) is 0 Å². The van der Waals surface area contributed by atoms with Crippen LogP contribution in [0.2, 0.25) is 5.02 Å². The summed E-state index contributed by atoms with van der Waals surface area (Å²) in [5.74, 6) is 2.31. The number of hydrogen-bond donors (Lipinski definition) is 0. The second kappa shape index (κ2) is 11.8. The highest BCUT2D eigenvalue weighted by Gasteiger charge is 2.24. The molecule has 1 fully saturated rings. The second-order valence-electron chi connectivity index (χ2n) is 8.38. The predicted molar refractivity (Wildman–Crippen MR) is 136 cm³/mol. The number of carbonyl (C=O) groups is 1. The van der Waals surface area contributed by atoms with Crippen LogP contribution in [0, 0.1) is 0 Å². The summed E-state index contributed by atoms with van der Waals surface area (Å²) in [5.41, 5.74) is 2.34. The Balaban J connectivity index is 1.57. The van der Waals surface area contributed by atoms with Gasteiger partial charge in [0.1, 0.15) is 24.7 Å². The van der Waals surface area contributed by atoms with E-state index in [-0.39, 0.29) is 17.5 Å². The molecular weight excluding hydrogens is 466 g/mol. The summed E-state index contributed by atoms with van der Waals surface area (Å²) >= 11 is 6.77. The number of likely N-dealkylation sites (tertiary alicyclic amines) is 1. The van der Waals surface area contributed by atoms with Crippen LogP contribution in [0.15, 0.2) is 60.7 Å². The zero-order valence-electron chi connectivity index (χ0n) is 20.1. The maximum atomic E-state index is 13.2. The lowest BCUT2D eigenvalue weighted by Crippen LogP contribution is -2.35. The SMILES string of the molecule is COc1ccc(COc2ccc(C(=O)N3CCCCC3)c(Cl)c2OCc2ccc(OC)cc2)cc1. The van der Waals surface area contributed by atoms with Crippen molar-refractivity contribution in [2.75, 3.05) is 27.3 Å². The molecule has 35 heavy (non-hydrogen) atoms. The van der Waals surface area contributed by atoms with Crippen molar-refractivity contribution < 1.29 is 23.7 Å². The van der Waals surface area contributed by atoms with E-state index >= 15 is 0 Å². The van der Waals surface area contributed by atoms with Crippen LogP contribution in [0.4, 0.5) is 0 Å². The van der Waals surface area contributed by atoms with E-state index in [1.54, 1.807) is 26.4 Å². The molecule has 1 aliphatic rings. The molecule has 0 saturated carbocycles. The third-order valence-corrected chi connectivity index (χ3v) is 6.41. The molecular formula is C28H30ClNO5. The molecule has 184 valence electrons. The number of benzene rings is 3. The van der Waals surface area contributed by atoms with E-state index in [9.17, 15) is 4.79 Å². The first kappa shape index (κ1) is 24.7.